The Bertz CT molecular complexity index is 1050. The van der Waals surface area contributed by atoms with Crippen molar-refractivity contribution in [2.24, 2.45) is 11.8 Å². The maximum absolute atomic E-state index is 14.3. The van der Waals surface area contributed by atoms with Crippen molar-refractivity contribution in [1.29, 1.82) is 0 Å². The van der Waals surface area contributed by atoms with E-state index in [1.165, 1.54) is 7.11 Å². The van der Waals surface area contributed by atoms with E-state index in [1.807, 2.05) is 0 Å². The third-order valence-corrected chi connectivity index (χ3v) is 6.26. The number of aromatic nitrogens is 2. The maximum atomic E-state index is 14.3. The van der Waals surface area contributed by atoms with Crippen LogP contribution in [-0.4, -0.2) is 43.9 Å². The van der Waals surface area contributed by atoms with Crippen LogP contribution in [0, 0.1) is 17.7 Å². The lowest BCUT2D eigenvalue weighted by molar-refractivity contribution is -0.142. The predicted octanol–water partition coefficient (Wildman–Crippen LogP) is 4.15. The molecule has 1 aromatic heterocycles. The molecule has 1 saturated heterocycles. The molecule has 7 nitrogen and oxygen atoms in total. The summed E-state index contributed by atoms with van der Waals surface area (Å²) in [5.74, 6) is -0.0771. The van der Waals surface area contributed by atoms with E-state index in [-0.39, 0.29) is 30.3 Å². The first-order valence-corrected chi connectivity index (χ1v) is 11.1. The SMILES string of the molecule is COCC1CC(C)CN(c2nc(OC)nc3c2COC(c2cc(N)cc(F)c2C(F)(F)F)C3)C1. The number of piperidine rings is 1. The van der Waals surface area contributed by atoms with E-state index in [2.05, 4.69) is 21.8 Å². The number of hydrogen-bond acceptors (Lipinski definition) is 7. The highest BCUT2D eigenvalue weighted by molar-refractivity contribution is 5.53. The van der Waals surface area contributed by atoms with Gasteiger partial charge in [0.2, 0.25) is 0 Å². The number of nitrogens with two attached hydrogens (primary N) is 1. The van der Waals surface area contributed by atoms with Crippen LogP contribution in [0.5, 0.6) is 6.01 Å². The highest BCUT2D eigenvalue weighted by Crippen LogP contribution is 2.43. The summed E-state index contributed by atoms with van der Waals surface area (Å²) in [4.78, 5) is 11.1. The predicted molar refractivity (Wildman–Crippen MR) is 117 cm³/mol. The van der Waals surface area contributed by atoms with Crippen LogP contribution in [0.3, 0.4) is 0 Å². The Hall–Kier alpha value is -2.66. The molecule has 0 radical (unpaired) electrons. The lowest BCUT2D eigenvalue weighted by atomic mass is 9.90. The van der Waals surface area contributed by atoms with Crippen molar-refractivity contribution in [1.82, 2.24) is 9.97 Å². The molecule has 3 unspecified atom stereocenters. The largest absolute Gasteiger partial charge is 0.467 e. The molecule has 3 heterocycles. The maximum Gasteiger partial charge on any atom is 0.419 e. The molecule has 0 bridgehead atoms. The van der Waals surface area contributed by atoms with Gasteiger partial charge in [0.15, 0.2) is 0 Å². The van der Waals surface area contributed by atoms with Crippen LogP contribution in [-0.2, 0) is 28.7 Å². The van der Waals surface area contributed by atoms with Crippen molar-refractivity contribution in [3.05, 3.63) is 40.3 Å². The highest BCUT2D eigenvalue weighted by atomic mass is 19.4. The Kier molecular flexibility index (Phi) is 6.86. The van der Waals surface area contributed by atoms with Crippen LogP contribution < -0.4 is 15.4 Å². The summed E-state index contributed by atoms with van der Waals surface area (Å²) in [6.07, 6.45) is -4.95. The molecule has 4 rings (SSSR count). The van der Waals surface area contributed by atoms with E-state index in [4.69, 9.17) is 19.9 Å². The molecule has 0 amide bonds. The van der Waals surface area contributed by atoms with Gasteiger partial charge in [-0.05, 0) is 30.0 Å². The second-order valence-corrected chi connectivity index (χ2v) is 8.99. The molecule has 2 N–H and O–H groups in total. The summed E-state index contributed by atoms with van der Waals surface area (Å²) in [6, 6.07) is 1.90. The fourth-order valence-electron chi connectivity index (χ4n) is 5.00. The summed E-state index contributed by atoms with van der Waals surface area (Å²) in [7, 11) is 3.10. The van der Waals surface area contributed by atoms with Gasteiger partial charge in [0.05, 0.1) is 37.7 Å². The van der Waals surface area contributed by atoms with Crippen molar-refractivity contribution in [2.75, 3.05) is 44.5 Å². The molecule has 2 aromatic rings. The Morgan fingerprint density at radius 3 is 2.65 bits per heavy atom. The number of anilines is 2. The molecule has 186 valence electrons. The van der Waals surface area contributed by atoms with Gasteiger partial charge in [-0.2, -0.15) is 23.1 Å². The second-order valence-electron chi connectivity index (χ2n) is 8.99. The van der Waals surface area contributed by atoms with E-state index >= 15 is 0 Å². The molecular formula is C23H28F4N4O3. The van der Waals surface area contributed by atoms with Crippen LogP contribution in [0.2, 0.25) is 0 Å². The Balaban J connectivity index is 1.71. The van der Waals surface area contributed by atoms with Crippen LogP contribution in [0.15, 0.2) is 12.1 Å². The third-order valence-electron chi connectivity index (χ3n) is 6.26. The summed E-state index contributed by atoms with van der Waals surface area (Å²) in [6.45, 7) is 4.22. The zero-order valence-corrected chi connectivity index (χ0v) is 19.3. The molecule has 1 aromatic carbocycles. The van der Waals surface area contributed by atoms with Gasteiger partial charge in [-0.25, -0.2) is 4.39 Å². The average Bonchev–Trinajstić information content (AvgIpc) is 2.76. The zero-order chi connectivity index (χ0) is 24.6. The lowest BCUT2D eigenvalue weighted by Gasteiger charge is -2.39. The summed E-state index contributed by atoms with van der Waals surface area (Å²) >= 11 is 0. The minimum absolute atomic E-state index is 0.00190. The number of nitrogens with zero attached hydrogens (tertiary/aromatic N) is 3. The van der Waals surface area contributed by atoms with Crippen molar-refractivity contribution in [3.8, 4) is 6.01 Å². The topological polar surface area (TPSA) is 82.7 Å². The zero-order valence-electron chi connectivity index (χ0n) is 19.3. The summed E-state index contributed by atoms with van der Waals surface area (Å²) < 4.78 is 71.8. The van der Waals surface area contributed by atoms with E-state index in [0.29, 0.717) is 48.1 Å². The highest BCUT2D eigenvalue weighted by Gasteiger charge is 2.41. The summed E-state index contributed by atoms with van der Waals surface area (Å²) in [5, 5.41) is 0. The van der Waals surface area contributed by atoms with E-state index < -0.39 is 23.7 Å². The first-order chi connectivity index (χ1) is 16.1. The van der Waals surface area contributed by atoms with Gasteiger partial charge in [-0.3, -0.25) is 0 Å². The molecule has 2 aliphatic heterocycles. The number of benzene rings is 1. The molecule has 34 heavy (non-hydrogen) atoms. The molecule has 0 saturated carbocycles. The molecular weight excluding hydrogens is 456 g/mol. The van der Waals surface area contributed by atoms with Gasteiger partial charge in [-0.15, -0.1) is 0 Å². The van der Waals surface area contributed by atoms with Gasteiger partial charge >= 0.3 is 12.2 Å². The monoisotopic (exact) mass is 484 g/mol. The Labute approximate surface area is 195 Å². The number of halogens is 4. The number of rotatable bonds is 5. The number of alkyl halides is 3. The van der Waals surface area contributed by atoms with Crippen molar-refractivity contribution in [2.45, 2.75) is 38.7 Å². The van der Waals surface area contributed by atoms with Gasteiger partial charge in [-0.1, -0.05) is 6.92 Å². The molecule has 0 spiro atoms. The van der Waals surface area contributed by atoms with E-state index in [9.17, 15) is 17.6 Å². The van der Waals surface area contributed by atoms with Crippen LogP contribution >= 0.6 is 0 Å². The van der Waals surface area contributed by atoms with Crippen molar-refractivity contribution >= 4 is 11.5 Å². The quantitative estimate of drug-likeness (QED) is 0.504. The van der Waals surface area contributed by atoms with Gasteiger partial charge in [0.25, 0.3) is 0 Å². The minimum atomic E-state index is -4.90. The fourth-order valence-corrected chi connectivity index (χ4v) is 5.00. The van der Waals surface area contributed by atoms with Crippen molar-refractivity contribution in [3.63, 3.8) is 0 Å². The van der Waals surface area contributed by atoms with Gasteiger partial charge in [0, 0.05) is 43.8 Å². The van der Waals surface area contributed by atoms with Crippen LogP contribution in [0.1, 0.15) is 41.8 Å². The first kappa shape index (κ1) is 24.5. The van der Waals surface area contributed by atoms with Crippen molar-refractivity contribution < 1.29 is 31.8 Å². The number of nitrogen functional groups attached to an aromatic ring is 1. The molecule has 1 fully saturated rings. The smallest absolute Gasteiger partial charge is 0.419 e. The van der Waals surface area contributed by atoms with Crippen LogP contribution in [0.4, 0.5) is 29.1 Å². The number of hydrogen-bond donors (Lipinski definition) is 1. The number of fused-ring (bicyclic) bond motifs is 1. The normalized spacial score (nSPS) is 23.0. The summed E-state index contributed by atoms with van der Waals surface area (Å²) in [5.41, 5.74) is 5.04. The molecule has 2 aliphatic rings. The van der Waals surface area contributed by atoms with Gasteiger partial charge in [0.1, 0.15) is 11.6 Å². The molecule has 3 atom stereocenters. The molecule has 11 heteroatoms. The number of methoxy groups -OCH3 is 2. The Morgan fingerprint density at radius 2 is 1.97 bits per heavy atom. The van der Waals surface area contributed by atoms with Crippen LogP contribution in [0.25, 0.3) is 0 Å². The Morgan fingerprint density at radius 1 is 1.21 bits per heavy atom. The lowest BCUT2D eigenvalue weighted by Crippen LogP contribution is -2.42. The number of ether oxygens (including phenoxy) is 3. The minimum Gasteiger partial charge on any atom is -0.467 e. The van der Waals surface area contributed by atoms with E-state index in [0.717, 1.165) is 19.0 Å². The standard InChI is InChI=1S/C23H28F4N4O3/c1-12-4-13(10-32-2)9-31(8-12)21-16-11-34-19(7-18(16)29-22(30-21)33-3)15-5-14(28)6-17(24)20(15)23(25,26)27/h5-6,12-13,19H,4,7-11,28H2,1-3H3. The second kappa shape index (κ2) is 9.53. The van der Waals surface area contributed by atoms with E-state index in [1.54, 1.807) is 7.11 Å². The first-order valence-electron chi connectivity index (χ1n) is 11.1. The van der Waals surface area contributed by atoms with Gasteiger partial charge < -0.3 is 24.8 Å². The molecule has 0 aliphatic carbocycles. The fraction of sp³-hybridized carbons (Fsp3) is 0.565. The third kappa shape index (κ3) is 4.90. The average molecular weight is 484 g/mol.